The second-order valence-corrected chi connectivity index (χ2v) is 4.29. The average molecular weight is 256 g/mol. The molecule has 2 atom stereocenters. The number of hydrogen-bond acceptors (Lipinski definition) is 5. The summed E-state index contributed by atoms with van der Waals surface area (Å²) < 4.78 is 9.96. The molecule has 0 aliphatic carbocycles. The molecule has 0 amide bonds. The molecule has 2 unspecified atom stereocenters. The van der Waals surface area contributed by atoms with E-state index in [0.717, 1.165) is 6.42 Å². The number of rotatable bonds is 6. The van der Waals surface area contributed by atoms with E-state index in [9.17, 15) is 4.79 Å². The van der Waals surface area contributed by atoms with Gasteiger partial charge in [-0.1, -0.05) is 0 Å². The Morgan fingerprint density at radius 2 is 2.33 bits per heavy atom. The highest BCUT2D eigenvalue weighted by atomic mass is 17.2. The molecule has 1 fully saturated rings. The number of unbranched alkanes of at least 4 members (excludes halogenated alkanes) is 1. The molecule has 1 heterocycles. The Bertz CT molecular complexity index is 299. The summed E-state index contributed by atoms with van der Waals surface area (Å²) in [7, 11) is 2.94. The van der Waals surface area contributed by atoms with Gasteiger partial charge in [0.2, 0.25) is 5.79 Å². The summed E-state index contributed by atoms with van der Waals surface area (Å²) in [4.78, 5) is 21.6. The molecular weight excluding hydrogens is 236 g/mol. The lowest BCUT2D eigenvalue weighted by atomic mass is 9.99. The van der Waals surface area contributed by atoms with Gasteiger partial charge in [-0.15, -0.1) is 12.3 Å². The fourth-order valence-corrected chi connectivity index (χ4v) is 1.90. The van der Waals surface area contributed by atoms with E-state index >= 15 is 0 Å². The van der Waals surface area contributed by atoms with Crippen LogP contribution in [0, 0.1) is 12.3 Å². The van der Waals surface area contributed by atoms with Crippen LogP contribution in [0.25, 0.3) is 0 Å². The standard InChI is InChI=1S/C13H20O5/c1-4-5-6-8-13(16-3)9-7-11(17-18-13)10-12(14)15-2/h1,11H,5-10H2,2-3H3. The lowest BCUT2D eigenvalue weighted by Gasteiger charge is -2.37. The summed E-state index contributed by atoms with van der Waals surface area (Å²) in [5.41, 5.74) is 0. The smallest absolute Gasteiger partial charge is 0.308 e. The first-order valence-electron chi connectivity index (χ1n) is 6.05. The van der Waals surface area contributed by atoms with Crippen molar-refractivity contribution in [3.05, 3.63) is 0 Å². The van der Waals surface area contributed by atoms with Crippen molar-refractivity contribution in [2.24, 2.45) is 0 Å². The van der Waals surface area contributed by atoms with Gasteiger partial charge in [-0.05, 0) is 12.8 Å². The van der Waals surface area contributed by atoms with Crippen molar-refractivity contribution >= 4 is 5.97 Å². The third-order valence-electron chi connectivity index (χ3n) is 3.06. The molecule has 0 spiro atoms. The lowest BCUT2D eigenvalue weighted by molar-refractivity contribution is -0.466. The van der Waals surface area contributed by atoms with Crippen molar-refractivity contribution in [1.29, 1.82) is 0 Å². The van der Waals surface area contributed by atoms with Crippen LogP contribution in [0.4, 0.5) is 0 Å². The monoisotopic (exact) mass is 256 g/mol. The van der Waals surface area contributed by atoms with Crippen LogP contribution < -0.4 is 0 Å². The van der Waals surface area contributed by atoms with Gasteiger partial charge in [-0.25, -0.2) is 9.78 Å². The van der Waals surface area contributed by atoms with Crippen molar-refractivity contribution < 1.29 is 24.0 Å². The van der Waals surface area contributed by atoms with Gasteiger partial charge in [0, 0.05) is 26.4 Å². The normalized spacial score (nSPS) is 27.5. The first-order valence-corrected chi connectivity index (χ1v) is 6.05. The summed E-state index contributed by atoms with van der Waals surface area (Å²) in [6.45, 7) is 0. The number of hydrogen-bond donors (Lipinski definition) is 0. The second kappa shape index (κ2) is 7.37. The molecule has 0 aromatic rings. The molecule has 18 heavy (non-hydrogen) atoms. The Labute approximate surface area is 108 Å². The summed E-state index contributed by atoms with van der Waals surface area (Å²) in [5.74, 6) is 1.54. The summed E-state index contributed by atoms with van der Waals surface area (Å²) in [5, 5.41) is 0. The molecule has 0 N–H and O–H groups in total. The predicted octanol–water partition coefficient (Wildman–Crippen LogP) is 1.81. The molecule has 0 bridgehead atoms. The third-order valence-corrected chi connectivity index (χ3v) is 3.06. The van der Waals surface area contributed by atoms with E-state index in [2.05, 4.69) is 10.7 Å². The van der Waals surface area contributed by atoms with Gasteiger partial charge in [-0.2, -0.15) is 0 Å². The van der Waals surface area contributed by atoms with Gasteiger partial charge in [0.05, 0.1) is 13.5 Å². The Kier molecular flexibility index (Phi) is 6.13. The zero-order chi connectivity index (χ0) is 13.4. The van der Waals surface area contributed by atoms with Crippen LogP contribution in [0.2, 0.25) is 0 Å². The SMILES string of the molecule is C#CCCCC1(OC)CCC(CC(=O)OC)OO1. The topological polar surface area (TPSA) is 54.0 Å². The van der Waals surface area contributed by atoms with Crippen molar-refractivity contribution in [2.75, 3.05) is 14.2 Å². The minimum Gasteiger partial charge on any atom is -0.469 e. The van der Waals surface area contributed by atoms with Crippen LogP contribution in [0.15, 0.2) is 0 Å². The van der Waals surface area contributed by atoms with Gasteiger partial charge >= 0.3 is 5.97 Å². The lowest BCUT2D eigenvalue weighted by Crippen LogP contribution is -2.42. The van der Waals surface area contributed by atoms with Crippen LogP contribution in [0.5, 0.6) is 0 Å². The van der Waals surface area contributed by atoms with E-state index in [-0.39, 0.29) is 18.5 Å². The largest absolute Gasteiger partial charge is 0.469 e. The molecular formula is C13H20O5. The van der Waals surface area contributed by atoms with Crippen LogP contribution in [-0.4, -0.2) is 32.1 Å². The van der Waals surface area contributed by atoms with E-state index in [1.54, 1.807) is 7.11 Å². The first-order chi connectivity index (χ1) is 8.65. The average Bonchev–Trinajstić information content (AvgIpc) is 2.41. The maximum Gasteiger partial charge on any atom is 0.308 e. The highest BCUT2D eigenvalue weighted by Crippen LogP contribution is 2.33. The van der Waals surface area contributed by atoms with Crippen molar-refractivity contribution in [2.45, 2.75) is 50.4 Å². The summed E-state index contributed by atoms with van der Waals surface area (Å²) in [6.07, 6.45) is 8.68. The number of methoxy groups -OCH3 is 2. The Morgan fingerprint density at radius 3 is 2.83 bits per heavy atom. The molecule has 5 nitrogen and oxygen atoms in total. The molecule has 0 aromatic heterocycles. The number of carbonyl (C=O) groups is 1. The van der Waals surface area contributed by atoms with Crippen LogP contribution in [-0.2, 0) is 24.0 Å². The molecule has 1 saturated heterocycles. The quantitative estimate of drug-likeness (QED) is 0.314. The highest BCUT2D eigenvalue weighted by molar-refractivity contribution is 5.69. The van der Waals surface area contributed by atoms with E-state index in [1.165, 1.54) is 7.11 Å². The number of ether oxygens (including phenoxy) is 2. The highest BCUT2D eigenvalue weighted by Gasteiger charge is 2.38. The summed E-state index contributed by atoms with van der Waals surface area (Å²) in [6, 6.07) is 0. The maximum atomic E-state index is 11.1. The van der Waals surface area contributed by atoms with Gasteiger partial charge < -0.3 is 9.47 Å². The second-order valence-electron chi connectivity index (χ2n) is 4.29. The van der Waals surface area contributed by atoms with Gasteiger partial charge in [0.1, 0.15) is 6.10 Å². The molecule has 0 aromatic carbocycles. The van der Waals surface area contributed by atoms with E-state index < -0.39 is 5.79 Å². The zero-order valence-corrected chi connectivity index (χ0v) is 10.9. The molecule has 1 aliphatic rings. The third kappa shape index (κ3) is 4.30. The van der Waals surface area contributed by atoms with Crippen molar-refractivity contribution in [3.8, 4) is 12.3 Å². The number of terminal acetylenes is 1. The molecule has 0 saturated carbocycles. The predicted molar refractivity (Wildman–Crippen MR) is 64.2 cm³/mol. The Hall–Kier alpha value is -1.09. The maximum absolute atomic E-state index is 11.1. The number of esters is 1. The van der Waals surface area contributed by atoms with E-state index in [0.29, 0.717) is 25.7 Å². The molecule has 1 rings (SSSR count). The first kappa shape index (κ1) is 15.0. The van der Waals surface area contributed by atoms with Crippen LogP contribution in [0.3, 0.4) is 0 Å². The molecule has 1 aliphatic heterocycles. The zero-order valence-electron chi connectivity index (χ0n) is 10.9. The van der Waals surface area contributed by atoms with Gasteiger partial charge in [0.15, 0.2) is 0 Å². The minimum absolute atomic E-state index is 0.195. The fraction of sp³-hybridized carbons (Fsp3) is 0.769. The number of carbonyl (C=O) groups excluding carboxylic acids is 1. The van der Waals surface area contributed by atoms with Gasteiger partial charge in [-0.3, -0.25) is 4.79 Å². The van der Waals surface area contributed by atoms with Crippen molar-refractivity contribution in [1.82, 2.24) is 0 Å². The van der Waals surface area contributed by atoms with E-state index in [4.69, 9.17) is 20.9 Å². The molecule has 102 valence electrons. The summed E-state index contributed by atoms with van der Waals surface area (Å²) >= 11 is 0. The Balaban J connectivity index is 2.39. The van der Waals surface area contributed by atoms with Crippen molar-refractivity contribution in [3.63, 3.8) is 0 Å². The van der Waals surface area contributed by atoms with Gasteiger partial charge in [0.25, 0.3) is 0 Å². The van der Waals surface area contributed by atoms with Crippen LogP contribution >= 0.6 is 0 Å². The van der Waals surface area contributed by atoms with E-state index in [1.807, 2.05) is 0 Å². The Morgan fingerprint density at radius 1 is 1.56 bits per heavy atom. The molecule has 5 heteroatoms. The fourth-order valence-electron chi connectivity index (χ4n) is 1.90. The molecule has 0 radical (unpaired) electrons. The van der Waals surface area contributed by atoms with Crippen LogP contribution in [0.1, 0.15) is 38.5 Å². The minimum atomic E-state index is -0.733.